The van der Waals surface area contributed by atoms with Crippen LogP contribution in [0.5, 0.6) is 0 Å². The van der Waals surface area contributed by atoms with Gasteiger partial charge in [0.05, 0.1) is 27.4 Å². The fourth-order valence-corrected chi connectivity index (χ4v) is 3.97. The maximum atomic E-state index is 11.3. The van der Waals surface area contributed by atoms with Crippen LogP contribution < -0.4 is 5.73 Å². The number of furan rings is 1. The molecule has 0 unspecified atom stereocenters. The molecule has 0 saturated carbocycles. The van der Waals surface area contributed by atoms with Crippen LogP contribution >= 0.6 is 11.6 Å². The summed E-state index contributed by atoms with van der Waals surface area (Å²) in [6, 6.07) is 12.0. The number of anilines is 1. The van der Waals surface area contributed by atoms with Crippen LogP contribution in [0, 0.1) is 29.6 Å². The molecule has 0 bridgehead atoms. The number of allylic oxidation sites excluding steroid dienone is 3. The first kappa shape index (κ1) is 20.9. The van der Waals surface area contributed by atoms with E-state index in [1.807, 2.05) is 0 Å². The van der Waals surface area contributed by atoms with Gasteiger partial charge in [0.2, 0.25) is 0 Å². The van der Waals surface area contributed by atoms with Crippen LogP contribution in [0.15, 0.2) is 40.3 Å². The third-order valence-corrected chi connectivity index (χ3v) is 5.71. The minimum Gasteiger partial charge on any atom is -0.478 e. The molecule has 8 heteroatoms. The van der Waals surface area contributed by atoms with E-state index in [1.165, 1.54) is 18.2 Å². The van der Waals surface area contributed by atoms with E-state index in [0.29, 0.717) is 55.6 Å². The van der Waals surface area contributed by atoms with Crippen molar-refractivity contribution < 1.29 is 14.3 Å². The first-order valence-electron chi connectivity index (χ1n) is 9.43. The Morgan fingerprint density at radius 3 is 2.62 bits per heavy atom. The Morgan fingerprint density at radius 1 is 1.22 bits per heavy atom. The molecule has 3 aromatic rings. The van der Waals surface area contributed by atoms with Gasteiger partial charge in [0, 0.05) is 11.1 Å². The average Bonchev–Trinajstić information content (AvgIpc) is 3.31. The number of nitrogens with zero attached hydrogens (tertiary/aromatic N) is 3. The van der Waals surface area contributed by atoms with Crippen LogP contribution in [-0.2, 0) is 0 Å². The number of rotatable bonds is 3. The third kappa shape index (κ3) is 3.22. The van der Waals surface area contributed by atoms with Gasteiger partial charge in [-0.25, -0.2) is 9.78 Å². The van der Waals surface area contributed by atoms with Gasteiger partial charge in [0.15, 0.2) is 0 Å². The minimum atomic E-state index is -1.07. The second kappa shape index (κ2) is 7.73. The molecule has 2 heterocycles. The van der Waals surface area contributed by atoms with Crippen LogP contribution in [0.3, 0.4) is 0 Å². The Balaban J connectivity index is 1.86. The van der Waals surface area contributed by atoms with Crippen molar-refractivity contribution in [3.05, 3.63) is 74.6 Å². The number of pyridine rings is 1. The van der Waals surface area contributed by atoms with E-state index in [-0.39, 0.29) is 16.9 Å². The summed E-state index contributed by atoms with van der Waals surface area (Å²) in [6.07, 6.45) is 1.75. The van der Waals surface area contributed by atoms with Crippen LogP contribution in [0.4, 0.5) is 5.82 Å². The molecule has 0 atom stereocenters. The van der Waals surface area contributed by atoms with Gasteiger partial charge in [-0.1, -0.05) is 11.6 Å². The number of hydrogen-bond donors (Lipinski definition) is 2. The number of nitrogens with two attached hydrogens (primary N) is 1. The highest BCUT2D eigenvalue weighted by Crippen LogP contribution is 2.44. The molecule has 0 saturated heterocycles. The Kier molecular flexibility index (Phi) is 5.06. The number of halogens is 1. The van der Waals surface area contributed by atoms with Crippen molar-refractivity contribution in [2.45, 2.75) is 13.8 Å². The summed E-state index contributed by atoms with van der Waals surface area (Å²) in [7, 11) is 0. The standard InChI is InChI=1S/C24H15ClN4O3/c1-11-15(21-12(2)18(10-27)23(28)29-22(21)17(11)9-26)8-14-4-6-20(32-14)16-7-13(24(30)31)3-5-19(16)25/h3-8H,1-2H3,(H2,28,29)(H,30,31)/b15-8+. The lowest BCUT2D eigenvalue weighted by Crippen LogP contribution is -2.03. The fourth-order valence-electron chi connectivity index (χ4n) is 3.76. The van der Waals surface area contributed by atoms with Crippen molar-refractivity contribution in [1.29, 1.82) is 10.5 Å². The maximum Gasteiger partial charge on any atom is 0.335 e. The number of carbonyl (C=O) groups is 1. The predicted octanol–water partition coefficient (Wildman–Crippen LogP) is 5.31. The van der Waals surface area contributed by atoms with Gasteiger partial charge in [-0.3, -0.25) is 0 Å². The summed E-state index contributed by atoms with van der Waals surface area (Å²) in [5, 5.41) is 28.7. The molecular formula is C24H15ClN4O3. The van der Waals surface area contributed by atoms with Crippen molar-refractivity contribution >= 4 is 40.6 Å². The highest BCUT2D eigenvalue weighted by Gasteiger charge is 2.30. The lowest BCUT2D eigenvalue weighted by molar-refractivity contribution is 0.0697. The van der Waals surface area contributed by atoms with E-state index in [1.54, 1.807) is 32.1 Å². The van der Waals surface area contributed by atoms with E-state index < -0.39 is 5.97 Å². The normalized spacial score (nSPS) is 13.7. The monoisotopic (exact) mass is 442 g/mol. The Hall–Kier alpha value is -4.33. The molecule has 0 radical (unpaired) electrons. The van der Waals surface area contributed by atoms with Gasteiger partial charge in [-0.2, -0.15) is 10.5 Å². The van der Waals surface area contributed by atoms with E-state index in [4.69, 9.17) is 21.8 Å². The first-order chi connectivity index (χ1) is 15.3. The Bertz CT molecular complexity index is 1470. The molecule has 156 valence electrons. The molecule has 4 rings (SSSR count). The van der Waals surface area contributed by atoms with Crippen LogP contribution in [0.1, 0.15) is 45.4 Å². The number of carboxylic acid groups (broad SMARTS) is 1. The summed E-state index contributed by atoms with van der Waals surface area (Å²) >= 11 is 6.25. The largest absolute Gasteiger partial charge is 0.478 e. The zero-order valence-corrected chi connectivity index (χ0v) is 17.8. The average molecular weight is 443 g/mol. The van der Waals surface area contributed by atoms with Crippen molar-refractivity contribution in [3.8, 4) is 23.5 Å². The van der Waals surface area contributed by atoms with Gasteiger partial charge in [-0.15, -0.1) is 0 Å². The number of aromatic carboxylic acids is 1. The zero-order chi connectivity index (χ0) is 23.2. The second-order valence-electron chi connectivity index (χ2n) is 7.20. The molecule has 1 aromatic carbocycles. The van der Waals surface area contributed by atoms with Crippen LogP contribution in [0.25, 0.3) is 28.5 Å². The Morgan fingerprint density at radius 2 is 1.97 bits per heavy atom. The minimum absolute atomic E-state index is 0.0822. The number of carboxylic acids is 1. The highest BCUT2D eigenvalue weighted by molar-refractivity contribution is 6.33. The van der Waals surface area contributed by atoms with Crippen molar-refractivity contribution in [1.82, 2.24) is 4.98 Å². The number of nitrogen functional groups attached to an aromatic ring is 1. The highest BCUT2D eigenvalue weighted by atomic mass is 35.5. The van der Waals surface area contributed by atoms with E-state index in [9.17, 15) is 20.4 Å². The third-order valence-electron chi connectivity index (χ3n) is 5.38. The molecule has 2 aromatic heterocycles. The molecular weight excluding hydrogens is 428 g/mol. The van der Waals surface area contributed by atoms with Gasteiger partial charge in [-0.05, 0) is 67.0 Å². The molecule has 3 N–H and O–H groups in total. The van der Waals surface area contributed by atoms with E-state index >= 15 is 0 Å². The molecule has 0 spiro atoms. The second-order valence-corrected chi connectivity index (χ2v) is 7.61. The molecule has 0 fully saturated rings. The van der Waals surface area contributed by atoms with E-state index in [2.05, 4.69) is 17.1 Å². The van der Waals surface area contributed by atoms with Crippen molar-refractivity contribution in [3.63, 3.8) is 0 Å². The summed E-state index contributed by atoms with van der Waals surface area (Å²) in [4.78, 5) is 15.6. The number of nitriles is 2. The molecule has 7 nitrogen and oxygen atoms in total. The number of aromatic nitrogens is 1. The van der Waals surface area contributed by atoms with Gasteiger partial charge >= 0.3 is 5.97 Å². The van der Waals surface area contributed by atoms with E-state index in [0.717, 1.165) is 0 Å². The first-order valence-corrected chi connectivity index (χ1v) is 9.81. The topological polar surface area (TPSA) is 137 Å². The molecule has 0 amide bonds. The fraction of sp³-hybridized carbons (Fsp3) is 0.0833. The molecule has 1 aliphatic rings. The number of benzene rings is 1. The van der Waals surface area contributed by atoms with Gasteiger partial charge in [0.25, 0.3) is 0 Å². The smallest absolute Gasteiger partial charge is 0.335 e. The zero-order valence-electron chi connectivity index (χ0n) is 17.0. The summed E-state index contributed by atoms with van der Waals surface area (Å²) < 4.78 is 5.93. The summed E-state index contributed by atoms with van der Waals surface area (Å²) in [5.74, 6) is -0.125. The Labute approximate surface area is 188 Å². The summed E-state index contributed by atoms with van der Waals surface area (Å²) in [5.41, 5.74) is 10.2. The lowest BCUT2D eigenvalue weighted by Gasteiger charge is -2.10. The molecule has 1 aliphatic carbocycles. The SMILES string of the molecule is CC1=C(C#N)c2nc(N)c(C#N)c(C)c2/C1=C/c1ccc(-c2cc(C(=O)O)ccc2Cl)o1. The van der Waals surface area contributed by atoms with Crippen LogP contribution in [-0.4, -0.2) is 16.1 Å². The lowest BCUT2D eigenvalue weighted by atomic mass is 9.96. The number of hydrogen-bond acceptors (Lipinski definition) is 6. The van der Waals surface area contributed by atoms with Crippen molar-refractivity contribution in [2.75, 3.05) is 5.73 Å². The predicted molar refractivity (Wildman–Crippen MR) is 120 cm³/mol. The van der Waals surface area contributed by atoms with Gasteiger partial charge in [0.1, 0.15) is 29.5 Å². The van der Waals surface area contributed by atoms with Gasteiger partial charge < -0.3 is 15.3 Å². The van der Waals surface area contributed by atoms with Crippen LogP contribution in [0.2, 0.25) is 5.02 Å². The quantitative estimate of drug-likeness (QED) is 0.560. The molecule has 0 aliphatic heterocycles. The van der Waals surface area contributed by atoms with Crippen molar-refractivity contribution in [2.24, 2.45) is 0 Å². The maximum absolute atomic E-state index is 11.3. The molecule has 32 heavy (non-hydrogen) atoms. The number of fused-ring (bicyclic) bond motifs is 1. The summed E-state index contributed by atoms with van der Waals surface area (Å²) in [6.45, 7) is 3.56.